The van der Waals surface area contributed by atoms with Crippen LogP contribution >= 0.6 is 18.7 Å². The van der Waals surface area contributed by atoms with E-state index >= 15 is 0 Å². The number of hydrogen-bond donors (Lipinski definition) is 0. The van der Waals surface area contributed by atoms with Gasteiger partial charge in [0.2, 0.25) is 0 Å². The Morgan fingerprint density at radius 1 is 1.11 bits per heavy atom. The summed E-state index contributed by atoms with van der Waals surface area (Å²) in [5.41, 5.74) is 2.71. The Labute approximate surface area is 213 Å². The summed E-state index contributed by atoms with van der Waals surface area (Å²) in [6.07, 6.45) is 4.30. The van der Waals surface area contributed by atoms with Crippen LogP contribution in [-0.4, -0.2) is 59.4 Å². The number of aryl methyl sites for hydroxylation is 1. The number of carbonyl (C=O) groups excluding carboxylic acids is 1. The van der Waals surface area contributed by atoms with Crippen molar-refractivity contribution in [3.63, 3.8) is 0 Å². The predicted molar refractivity (Wildman–Crippen MR) is 137 cm³/mol. The van der Waals surface area contributed by atoms with Crippen LogP contribution in [0.15, 0.2) is 42.6 Å². The van der Waals surface area contributed by atoms with Crippen LogP contribution in [0.3, 0.4) is 0 Å². The molecule has 1 fully saturated rings. The predicted octanol–water partition coefficient (Wildman–Crippen LogP) is 5.48. The molecule has 36 heavy (non-hydrogen) atoms. The largest absolute Gasteiger partial charge is 0.351 e. The summed E-state index contributed by atoms with van der Waals surface area (Å²) in [6.45, 7) is 3.45. The molecule has 0 N–H and O–H groups in total. The second-order valence-corrected chi connectivity index (χ2v) is 13.4. The van der Waals surface area contributed by atoms with Gasteiger partial charge in [0.1, 0.15) is 11.6 Å². The maximum atomic E-state index is 14.5. The standard InChI is InChI=1S/C26H26ClF2N4O2P/c1-36(35)12-10-32(11-13-36)26(34)18-5-2-4-17(14-18)23-15-30-22-6-3-9-33(25(22)31-23)16-19-20(28)7-8-21(29)24(19)27/h2,4-5,7-8,14-15H,3,6,9-13,16H2,1H3. The Hall–Kier alpha value is -2.83. The smallest absolute Gasteiger partial charge is 0.253 e. The van der Waals surface area contributed by atoms with E-state index in [4.69, 9.17) is 16.6 Å². The highest BCUT2D eigenvalue weighted by Crippen LogP contribution is 2.43. The van der Waals surface area contributed by atoms with Gasteiger partial charge in [-0.1, -0.05) is 23.7 Å². The molecule has 3 heterocycles. The molecule has 10 heteroatoms. The van der Waals surface area contributed by atoms with Crippen LogP contribution in [0.1, 0.15) is 28.0 Å². The molecule has 1 saturated heterocycles. The Bertz CT molecular complexity index is 1370. The zero-order chi connectivity index (χ0) is 25.4. The van der Waals surface area contributed by atoms with E-state index < -0.39 is 18.8 Å². The highest BCUT2D eigenvalue weighted by Gasteiger charge is 2.28. The first-order valence-corrected chi connectivity index (χ1v) is 14.8. The third-order valence-electron chi connectivity index (χ3n) is 6.83. The van der Waals surface area contributed by atoms with Crippen molar-refractivity contribution < 1.29 is 18.1 Å². The quantitative estimate of drug-likeness (QED) is 0.330. The molecule has 1 amide bonds. The van der Waals surface area contributed by atoms with Crippen LogP contribution in [0.5, 0.6) is 0 Å². The minimum atomic E-state index is -2.13. The number of carbonyl (C=O) groups is 1. The van der Waals surface area contributed by atoms with Crippen molar-refractivity contribution in [1.82, 2.24) is 14.9 Å². The third kappa shape index (κ3) is 5.02. The highest BCUT2D eigenvalue weighted by atomic mass is 35.5. The molecule has 0 unspecified atom stereocenters. The van der Waals surface area contributed by atoms with Gasteiger partial charge in [0.25, 0.3) is 5.91 Å². The van der Waals surface area contributed by atoms with Gasteiger partial charge in [-0.25, -0.2) is 13.8 Å². The van der Waals surface area contributed by atoms with E-state index in [-0.39, 0.29) is 23.0 Å². The fraction of sp³-hybridized carbons (Fsp3) is 0.346. The maximum Gasteiger partial charge on any atom is 0.253 e. The molecular weight excluding hydrogens is 505 g/mol. The van der Waals surface area contributed by atoms with E-state index in [0.29, 0.717) is 49.0 Å². The molecular formula is C26H26ClF2N4O2P. The number of rotatable bonds is 4. The van der Waals surface area contributed by atoms with Crippen LogP contribution in [0.4, 0.5) is 14.6 Å². The van der Waals surface area contributed by atoms with Crippen molar-refractivity contribution in [3.05, 3.63) is 76.1 Å². The van der Waals surface area contributed by atoms with Gasteiger partial charge < -0.3 is 14.4 Å². The lowest BCUT2D eigenvalue weighted by Crippen LogP contribution is -2.39. The van der Waals surface area contributed by atoms with Gasteiger partial charge in [-0.15, -0.1) is 0 Å². The average Bonchev–Trinajstić information content (AvgIpc) is 2.88. The van der Waals surface area contributed by atoms with Crippen LogP contribution < -0.4 is 4.90 Å². The first kappa shape index (κ1) is 24.8. The minimum Gasteiger partial charge on any atom is -0.351 e. The minimum absolute atomic E-state index is 0.0718. The summed E-state index contributed by atoms with van der Waals surface area (Å²) in [5.74, 6) is -0.728. The number of nitrogens with zero attached hydrogens (tertiary/aromatic N) is 4. The lowest BCUT2D eigenvalue weighted by Gasteiger charge is -2.31. The summed E-state index contributed by atoms with van der Waals surface area (Å²) >= 11 is 6.07. The van der Waals surface area contributed by atoms with Crippen molar-refractivity contribution in [2.24, 2.45) is 0 Å². The van der Waals surface area contributed by atoms with Crippen molar-refractivity contribution in [2.75, 3.05) is 43.5 Å². The van der Waals surface area contributed by atoms with Gasteiger partial charge in [0, 0.05) is 55.2 Å². The molecule has 2 aliphatic rings. The van der Waals surface area contributed by atoms with Crippen LogP contribution in [0, 0.1) is 11.6 Å². The molecule has 1 aromatic heterocycles. The van der Waals surface area contributed by atoms with Crippen molar-refractivity contribution in [3.8, 4) is 11.3 Å². The van der Waals surface area contributed by atoms with Gasteiger partial charge in [0.05, 0.1) is 29.7 Å². The first-order chi connectivity index (χ1) is 17.2. The number of anilines is 1. The molecule has 188 valence electrons. The second kappa shape index (κ2) is 9.91. The van der Waals surface area contributed by atoms with E-state index in [9.17, 15) is 18.1 Å². The monoisotopic (exact) mass is 530 g/mol. The van der Waals surface area contributed by atoms with Crippen LogP contribution in [0.2, 0.25) is 5.02 Å². The Morgan fingerprint density at radius 2 is 1.86 bits per heavy atom. The topological polar surface area (TPSA) is 66.4 Å². The van der Waals surface area contributed by atoms with Gasteiger partial charge in [-0.2, -0.15) is 0 Å². The molecule has 0 spiro atoms. The summed E-state index contributed by atoms with van der Waals surface area (Å²) in [4.78, 5) is 26.1. The molecule has 2 aromatic carbocycles. The summed E-state index contributed by atoms with van der Waals surface area (Å²) in [5, 5.41) is -0.227. The number of hydrogen-bond acceptors (Lipinski definition) is 5. The molecule has 0 aliphatic carbocycles. The van der Waals surface area contributed by atoms with Crippen molar-refractivity contribution >= 4 is 30.5 Å². The zero-order valence-electron chi connectivity index (χ0n) is 19.9. The average molecular weight is 531 g/mol. The summed E-state index contributed by atoms with van der Waals surface area (Å²) in [6, 6.07) is 9.31. The number of benzene rings is 2. The molecule has 0 bridgehead atoms. The number of halogens is 3. The molecule has 0 radical (unpaired) electrons. The van der Waals surface area contributed by atoms with E-state index in [2.05, 4.69) is 4.98 Å². The number of amides is 1. The molecule has 2 aliphatic heterocycles. The highest BCUT2D eigenvalue weighted by molar-refractivity contribution is 7.63. The van der Waals surface area contributed by atoms with Crippen LogP contribution in [0.25, 0.3) is 11.3 Å². The van der Waals surface area contributed by atoms with Gasteiger partial charge >= 0.3 is 0 Å². The van der Waals surface area contributed by atoms with E-state index in [1.165, 1.54) is 0 Å². The molecule has 3 aromatic rings. The first-order valence-electron chi connectivity index (χ1n) is 11.9. The molecule has 6 nitrogen and oxygen atoms in total. The normalized spacial score (nSPS) is 17.1. The molecule has 0 saturated carbocycles. The molecule has 0 atom stereocenters. The second-order valence-electron chi connectivity index (χ2n) is 9.49. The summed E-state index contributed by atoms with van der Waals surface area (Å²) in [7, 11) is -2.13. The summed E-state index contributed by atoms with van der Waals surface area (Å²) < 4.78 is 40.7. The lowest BCUT2D eigenvalue weighted by atomic mass is 10.1. The lowest BCUT2D eigenvalue weighted by molar-refractivity contribution is 0.0769. The number of aromatic nitrogens is 2. The fourth-order valence-electron chi connectivity index (χ4n) is 4.66. The SMILES string of the molecule is CP1(=O)CCN(C(=O)c2cccc(-c3cnc4c(n3)N(Cc3c(F)ccc(F)c3Cl)CCC4)c2)CC1. The Balaban J connectivity index is 1.42. The van der Waals surface area contributed by atoms with E-state index in [1.807, 2.05) is 11.0 Å². The third-order valence-corrected chi connectivity index (χ3v) is 9.54. The number of fused-ring (bicyclic) bond motifs is 1. The van der Waals surface area contributed by atoms with E-state index in [0.717, 1.165) is 36.2 Å². The van der Waals surface area contributed by atoms with Crippen LogP contribution in [-0.2, 0) is 17.5 Å². The van der Waals surface area contributed by atoms with Gasteiger partial charge in [-0.3, -0.25) is 9.78 Å². The fourth-order valence-corrected chi connectivity index (χ4v) is 6.43. The molecule has 5 rings (SSSR count). The van der Waals surface area contributed by atoms with Crippen molar-refractivity contribution in [2.45, 2.75) is 19.4 Å². The van der Waals surface area contributed by atoms with Gasteiger partial charge in [-0.05, 0) is 43.8 Å². The zero-order valence-corrected chi connectivity index (χ0v) is 21.5. The van der Waals surface area contributed by atoms with Gasteiger partial charge in [0.15, 0.2) is 5.82 Å². The van der Waals surface area contributed by atoms with Crippen molar-refractivity contribution in [1.29, 1.82) is 0 Å². The Morgan fingerprint density at radius 3 is 2.64 bits per heavy atom. The maximum absolute atomic E-state index is 14.5. The Kier molecular flexibility index (Phi) is 6.84. The van der Waals surface area contributed by atoms with E-state index in [1.54, 1.807) is 36.0 Å².